The minimum atomic E-state index is -0.859. The molecule has 104 valence electrons. The van der Waals surface area contributed by atoms with Crippen LogP contribution in [0.15, 0.2) is 54.6 Å². The van der Waals surface area contributed by atoms with Gasteiger partial charge in [-0.05, 0) is 36.4 Å². The molecule has 0 fully saturated rings. The highest BCUT2D eigenvalue weighted by Gasteiger charge is 2.26. The second-order valence-corrected chi connectivity index (χ2v) is 4.39. The summed E-state index contributed by atoms with van der Waals surface area (Å²) in [5.74, 6) is 1.26. The molecule has 2 N–H and O–H groups in total. The van der Waals surface area contributed by atoms with Crippen LogP contribution in [0.5, 0.6) is 11.5 Å². The van der Waals surface area contributed by atoms with Crippen LogP contribution < -0.4 is 15.0 Å². The van der Waals surface area contributed by atoms with Crippen LogP contribution in [0.25, 0.3) is 0 Å². The number of benzene rings is 2. The maximum absolute atomic E-state index is 5.83. The number of nitrogens with two attached hydrogens (primary N) is 1. The fourth-order valence-electron chi connectivity index (χ4n) is 1.49. The van der Waals surface area contributed by atoms with Gasteiger partial charge in [-0.1, -0.05) is 29.8 Å². The van der Waals surface area contributed by atoms with Gasteiger partial charge in [0.1, 0.15) is 11.5 Å². The van der Waals surface area contributed by atoms with Gasteiger partial charge >= 0.3 is 7.32 Å². The Morgan fingerprint density at radius 1 is 0.900 bits per heavy atom. The Labute approximate surface area is 123 Å². The molecule has 2 aromatic carbocycles. The fourth-order valence-corrected chi connectivity index (χ4v) is 1.62. The molecule has 2 aromatic rings. The van der Waals surface area contributed by atoms with E-state index in [1.807, 2.05) is 30.3 Å². The van der Waals surface area contributed by atoms with Crippen molar-refractivity contribution in [2.45, 2.75) is 0 Å². The average molecular weight is 292 g/mol. The Morgan fingerprint density at radius 2 is 1.50 bits per heavy atom. The third-order valence-electron chi connectivity index (χ3n) is 2.39. The Kier molecular flexibility index (Phi) is 5.74. The van der Waals surface area contributed by atoms with E-state index < -0.39 is 7.32 Å². The maximum Gasteiger partial charge on any atom is 0.788 e. The molecule has 0 bridgehead atoms. The largest absolute Gasteiger partial charge is 0.788 e. The van der Waals surface area contributed by atoms with Crippen molar-refractivity contribution in [2.75, 3.05) is 13.2 Å². The number of para-hydroxylation sites is 1. The van der Waals surface area contributed by atoms with Crippen molar-refractivity contribution in [2.24, 2.45) is 5.73 Å². The van der Waals surface area contributed by atoms with E-state index in [4.69, 9.17) is 31.3 Å². The Bertz CT molecular complexity index is 510. The number of hydrogen-bond acceptors (Lipinski definition) is 4. The molecule has 0 atom stereocenters. The summed E-state index contributed by atoms with van der Waals surface area (Å²) < 4.78 is 16.7. The normalized spacial score (nSPS) is 10.1. The van der Waals surface area contributed by atoms with Crippen molar-refractivity contribution in [1.29, 1.82) is 0 Å². The predicted molar refractivity (Wildman–Crippen MR) is 79.9 cm³/mol. The third-order valence-corrected chi connectivity index (χ3v) is 2.65. The molecule has 0 radical (unpaired) electrons. The highest BCUT2D eigenvalue weighted by molar-refractivity contribution is 6.38. The molecular formula is C14H15BClNO3. The van der Waals surface area contributed by atoms with E-state index in [2.05, 4.69) is 0 Å². The first-order valence-electron chi connectivity index (χ1n) is 6.23. The van der Waals surface area contributed by atoms with Gasteiger partial charge < -0.3 is 19.7 Å². The summed E-state index contributed by atoms with van der Waals surface area (Å²) in [6.07, 6.45) is 0. The molecule has 0 saturated carbocycles. The van der Waals surface area contributed by atoms with Gasteiger partial charge in [0, 0.05) is 18.2 Å². The van der Waals surface area contributed by atoms with Gasteiger partial charge in [-0.2, -0.15) is 0 Å². The Balaban J connectivity index is 2.01. The molecule has 4 nitrogen and oxygen atoms in total. The van der Waals surface area contributed by atoms with E-state index in [1.165, 1.54) is 0 Å². The molecule has 0 aliphatic carbocycles. The highest BCUT2D eigenvalue weighted by Crippen LogP contribution is 2.18. The lowest BCUT2D eigenvalue weighted by molar-refractivity contribution is 0.207. The molecule has 0 spiro atoms. The van der Waals surface area contributed by atoms with E-state index in [0.29, 0.717) is 29.7 Å². The van der Waals surface area contributed by atoms with Crippen LogP contribution in [0.1, 0.15) is 0 Å². The molecule has 0 aliphatic rings. The van der Waals surface area contributed by atoms with E-state index in [1.54, 1.807) is 24.3 Å². The first kappa shape index (κ1) is 14.7. The summed E-state index contributed by atoms with van der Waals surface area (Å²) in [5.41, 5.74) is 5.43. The molecule has 0 amide bonds. The van der Waals surface area contributed by atoms with Crippen LogP contribution in [0.2, 0.25) is 5.02 Å². The molecular weight excluding hydrogens is 276 g/mol. The smallest absolute Gasteiger partial charge is 0.501 e. The standard InChI is InChI=1S/C14H15BClNO3/c16-12-6-8-14(9-7-12)20-15(18-11-10-17)19-13-4-2-1-3-5-13/h1-9H,10-11,17H2. The molecule has 2 rings (SSSR count). The molecule has 0 aromatic heterocycles. The Morgan fingerprint density at radius 3 is 2.10 bits per heavy atom. The number of halogens is 1. The summed E-state index contributed by atoms with van der Waals surface area (Å²) >= 11 is 5.83. The summed E-state index contributed by atoms with van der Waals surface area (Å²) in [4.78, 5) is 0. The van der Waals surface area contributed by atoms with Gasteiger partial charge in [0.25, 0.3) is 0 Å². The van der Waals surface area contributed by atoms with Crippen LogP contribution in [0, 0.1) is 0 Å². The Hall–Kier alpha value is -1.69. The number of hydrogen-bond donors (Lipinski definition) is 1. The summed E-state index contributed by atoms with van der Waals surface area (Å²) in [6.45, 7) is 0.726. The maximum atomic E-state index is 5.83. The summed E-state index contributed by atoms with van der Waals surface area (Å²) in [5, 5.41) is 0.640. The predicted octanol–water partition coefficient (Wildman–Crippen LogP) is 2.76. The van der Waals surface area contributed by atoms with E-state index in [-0.39, 0.29) is 0 Å². The summed E-state index contributed by atoms with van der Waals surface area (Å²) in [6, 6.07) is 16.3. The lowest BCUT2D eigenvalue weighted by Crippen LogP contribution is -2.35. The van der Waals surface area contributed by atoms with E-state index in [0.717, 1.165) is 0 Å². The van der Waals surface area contributed by atoms with Crippen LogP contribution in [0.3, 0.4) is 0 Å². The van der Waals surface area contributed by atoms with Crippen LogP contribution >= 0.6 is 11.6 Å². The lowest BCUT2D eigenvalue weighted by atomic mass is 10.2. The first-order valence-corrected chi connectivity index (χ1v) is 6.61. The van der Waals surface area contributed by atoms with Crippen molar-refractivity contribution < 1.29 is 14.0 Å². The van der Waals surface area contributed by atoms with Crippen LogP contribution in [-0.2, 0) is 4.65 Å². The van der Waals surface area contributed by atoms with Gasteiger partial charge in [0.2, 0.25) is 0 Å². The van der Waals surface area contributed by atoms with Gasteiger partial charge in [-0.25, -0.2) is 0 Å². The second kappa shape index (κ2) is 7.80. The third kappa shape index (κ3) is 4.77. The zero-order valence-electron chi connectivity index (χ0n) is 10.9. The molecule has 0 aliphatic heterocycles. The SMILES string of the molecule is NCCOB(Oc1ccccc1)Oc1ccc(Cl)cc1. The van der Waals surface area contributed by atoms with Crippen molar-refractivity contribution in [1.82, 2.24) is 0 Å². The topological polar surface area (TPSA) is 53.7 Å². The lowest BCUT2D eigenvalue weighted by Gasteiger charge is -2.15. The van der Waals surface area contributed by atoms with Crippen molar-refractivity contribution in [3.05, 3.63) is 59.6 Å². The molecule has 0 heterocycles. The molecule has 0 saturated heterocycles. The van der Waals surface area contributed by atoms with E-state index in [9.17, 15) is 0 Å². The van der Waals surface area contributed by atoms with E-state index >= 15 is 0 Å². The quantitative estimate of drug-likeness (QED) is 0.797. The summed E-state index contributed by atoms with van der Waals surface area (Å²) in [7, 11) is -0.859. The van der Waals surface area contributed by atoms with Crippen LogP contribution in [-0.4, -0.2) is 20.5 Å². The second-order valence-electron chi connectivity index (χ2n) is 3.95. The highest BCUT2D eigenvalue weighted by atomic mass is 35.5. The van der Waals surface area contributed by atoms with Crippen LogP contribution in [0.4, 0.5) is 0 Å². The minimum absolute atomic E-state index is 0.338. The average Bonchev–Trinajstić information content (AvgIpc) is 2.48. The van der Waals surface area contributed by atoms with Gasteiger partial charge in [0.05, 0.1) is 0 Å². The monoisotopic (exact) mass is 291 g/mol. The van der Waals surface area contributed by atoms with Gasteiger partial charge in [-0.15, -0.1) is 0 Å². The molecule has 0 unspecified atom stereocenters. The first-order chi connectivity index (χ1) is 9.78. The minimum Gasteiger partial charge on any atom is -0.501 e. The van der Waals surface area contributed by atoms with Gasteiger partial charge in [0.15, 0.2) is 0 Å². The number of rotatable bonds is 7. The fraction of sp³-hybridized carbons (Fsp3) is 0.143. The molecule has 20 heavy (non-hydrogen) atoms. The van der Waals surface area contributed by atoms with Crippen molar-refractivity contribution in [3.8, 4) is 11.5 Å². The van der Waals surface area contributed by atoms with Crippen molar-refractivity contribution in [3.63, 3.8) is 0 Å². The molecule has 6 heteroatoms. The van der Waals surface area contributed by atoms with Crippen molar-refractivity contribution >= 4 is 18.9 Å². The van der Waals surface area contributed by atoms with Gasteiger partial charge in [-0.3, -0.25) is 0 Å². The zero-order valence-corrected chi connectivity index (χ0v) is 11.6. The zero-order chi connectivity index (χ0) is 14.2.